The maximum Gasteiger partial charge on any atom is 0.248 e. The van der Waals surface area contributed by atoms with E-state index in [0.717, 1.165) is 0 Å². The Morgan fingerprint density at radius 1 is 1.22 bits per heavy atom. The molecular weight excluding hydrogens is 236 g/mol. The van der Waals surface area contributed by atoms with Crippen molar-refractivity contribution < 1.29 is 13.6 Å². The van der Waals surface area contributed by atoms with E-state index in [1.54, 1.807) is 24.3 Å². The van der Waals surface area contributed by atoms with Crippen molar-refractivity contribution in [3.63, 3.8) is 0 Å². The summed E-state index contributed by atoms with van der Waals surface area (Å²) < 4.78 is 26.9. The molecule has 1 aliphatic carbocycles. The van der Waals surface area contributed by atoms with Gasteiger partial charge < -0.3 is 5.32 Å². The van der Waals surface area contributed by atoms with E-state index < -0.39 is 11.8 Å². The zero-order valence-electron chi connectivity index (χ0n) is 10.2. The van der Waals surface area contributed by atoms with Crippen LogP contribution in [0.15, 0.2) is 30.3 Å². The summed E-state index contributed by atoms with van der Waals surface area (Å²) in [5.74, 6) is -3.57. The summed E-state index contributed by atoms with van der Waals surface area (Å²) >= 11 is 0. The Labute approximate surface area is 105 Å². The molecule has 1 aromatic carbocycles. The number of nitrogens with one attached hydrogen (secondary N) is 1. The fourth-order valence-electron chi connectivity index (χ4n) is 2.33. The SMILES string of the molecule is O=C(Nc1ccccc1)C1CCCCC(F)(F)C1. The number of para-hydroxylation sites is 1. The van der Waals surface area contributed by atoms with Gasteiger partial charge in [0.15, 0.2) is 0 Å². The summed E-state index contributed by atoms with van der Waals surface area (Å²) in [4.78, 5) is 12.0. The van der Waals surface area contributed by atoms with E-state index in [2.05, 4.69) is 5.32 Å². The van der Waals surface area contributed by atoms with Crippen molar-refractivity contribution >= 4 is 11.6 Å². The number of carbonyl (C=O) groups excluding carboxylic acids is 1. The summed E-state index contributed by atoms with van der Waals surface area (Å²) in [5.41, 5.74) is 0.662. The van der Waals surface area contributed by atoms with Crippen LogP contribution in [0.25, 0.3) is 0 Å². The van der Waals surface area contributed by atoms with Crippen molar-refractivity contribution in [2.75, 3.05) is 5.32 Å². The average Bonchev–Trinajstić information content (AvgIpc) is 2.51. The van der Waals surface area contributed by atoms with Crippen LogP contribution in [-0.4, -0.2) is 11.8 Å². The average molecular weight is 253 g/mol. The van der Waals surface area contributed by atoms with Crippen LogP contribution < -0.4 is 5.32 Å². The first-order valence-electron chi connectivity index (χ1n) is 6.31. The van der Waals surface area contributed by atoms with Crippen LogP contribution in [0.5, 0.6) is 0 Å². The highest BCUT2D eigenvalue weighted by Crippen LogP contribution is 2.35. The summed E-state index contributed by atoms with van der Waals surface area (Å²) in [5, 5.41) is 2.70. The molecule has 1 amide bonds. The van der Waals surface area contributed by atoms with E-state index in [0.29, 0.717) is 24.9 Å². The molecule has 98 valence electrons. The third-order valence-electron chi connectivity index (χ3n) is 3.30. The number of rotatable bonds is 2. The van der Waals surface area contributed by atoms with Gasteiger partial charge in [-0.05, 0) is 25.0 Å². The number of benzene rings is 1. The molecule has 18 heavy (non-hydrogen) atoms. The molecular formula is C14H17F2NO. The minimum Gasteiger partial charge on any atom is -0.326 e. The first-order valence-corrected chi connectivity index (χ1v) is 6.31. The normalized spacial score (nSPS) is 23.1. The quantitative estimate of drug-likeness (QED) is 0.797. The second-order valence-electron chi connectivity index (χ2n) is 4.86. The minimum atomic E-state index is -2.70. The molecule has 1 fully saturated rings. The Hall–Kier alpha value is -1.45. The van der Waals surface area contributed by atoms with E-state index in [4.69, 9.17) is 0 Å². The standard InChI is InChI=1S/C14H17F2NO/c15-14(16)9-5-4-6-11(10-14)13(18)17-12-7-2-1-3-8-12/h1-3,7-8,11H,4-6,9-10H2,(H,17,18). The second kappa shape index (κ2) is 5.46. The summed E-state index contributed by atoms with van der Waals surface area (Å²) in [6.45, 7) is 0. The van der Waals surface area contributed by atoms with Gasteiger partial charge in [-0.15, -0.1) is 0 Å². The molecule has 4 heteroatoms. The summed E-state index contributed by atoms with van der Waals surface area (Å²) in [6, 6.07) is 8.96. The predicted octanol–water partition coefficient (Wildman–Crippen LogP) is 3.84. The highest BCUT2D eigenvalue weighted by Gasteiger charge is 2.37. The van der Waals surface area contributed by atoms with E-state index in [1.165, 1.54) is 0 Å². The van der Waals surface area contributed by atoms with Gasteiger partial charge in [-0.2, -0.15) is 0 Å². The van der Waals surface area contributed by atoms with Crippen LogP contribution >= 0.6 is 0 Å². The maximum absolute atomic E-state index is 13.4. The molecule has 0 spiro atoms. The molecule has 0 bridgehead atoms. The Morgan fingerprint density at radius 2 is 1.94 bits per heavy atom. The molecule has 0 aromatic heterocycles. The molecule has 1 N–H and O–H groups in total. The number of amides is 1. The number of hydrogen-bond acceptors (Lipinski definition) is 1. The van der Waals surface area contributed by atoms with Gasteiger partial charge in [-0.1, -0.05) is 24.6 Å². The van der Waals surface area contributed by atoms with Crippen molar-refractivity contribution in [3.05, 3.63) is 30.3 Å². The Morgan fingerprint density at radius 3 is 2.67 bits per heavy atom. The van der Waals surface area contributed by atoms with Crippen molar-refractivity contribution in [2.24, 2.45) is 5.92 Å². The van der Waals surface area contributed by atoms with Crippen LogP contribution in [0.2, 0.25) is 0 Å². The van der Waals surface area contributed by atoms with Gasteiger partial charge in [0.1, 0.15) is 0 Å². The molecule has 1 saturated carbocycles. The van der Waals surface area contributed by atoms with Crippen molar-refractivity contribution in [2.45, 2.75) is 38.0 Å². The minimum absolute atomic E-state index is 0.0951. The van der Waals surface area contributed by atoms with E-state index >= 15 is 0 Å². The summed E-state index contributed by atoms with van der Waals surface area (Å²) in [7, 11) is 0. The lowest BCUT2D eigenvalue weighted by atomic mass is 9.97. The maximum atomic E-state index is 13.4. The van der Waals surface area contributed by atoms with Gasteiger partial charge in [0.05, 0.1) is 0 Å². The van der Waals surface area contributed by atoms with Crippen LogP contribution in [0, 0.1) is 5.92 Å². The molecule has 0 radical (unpaired) electrons. The molecule has 1 unspecified atom stereocenters. The third kappa shape index (κ3) is 3.52. The molecule has 0 aliphatic heterocycles. The molecule has 2 nitrogen and oxygen atoms in total. The molecule has 1 aliphatic rings. The fraction of sp³-hybridized carbons (Fsp3) is 0.500. The third-order valence-corrected chi connectivity index (χ3v) is 3.30. The van der Waals surface area contributed by atoms with Crippen LogP contribution in [-0.2, 0) is 4.79 Å². The lowest BCUT2D eigenvalue weighted by Gasteiger charge is -2.19. The Bertz CT molecular complexity index is 406. The van der Waals surface area contributed by atoms with E-state index in [-0.39, 0.29) is 18.7 Å². The predicted molar refractivity (Wildman–Crippen MR) is 66.6 cm³/mol. The molecule has 1 aromatic rings. The number of carbonyl (C=O) groups is 1. The number of halogens is 2. The monoisotopic (exact) mass is 253 g/mol. The molecule has 0 saturated heterocycles. The lowest BCUT2D eigenvalue weighted by molar-refractivity contribution is -0.123. The van der Waals surface area contributed by atoms with Crippen molar-refractivity contribution in [3.8, 4) is 0 Å². The van der Waals surface area contributed by atoms with Crippen molar-refractivity contribution in [1.29, 1.82) is 0 Å². The van der Waals surface area contributed by atoms with Gasteiger partial charge in [0, 0.05) is 24.4 Å². The van der Waals surface area contributed by atoms with Crippen LogP contribution in [0.3, 0.4) is 0 Å². The molecule has 1 atom stereocenters. The highest BCUT2D eigenvalue weighted by atomic mass is 19.3. The number of hydrogen-bond donors (Lipinski definition) is 1. The lowest BCUT2D eigenvalue weighted by Crippen LogP contribution is -2.28. The van der Waals surface area contributed by atoms with Gasteiger partial charge in [-0.3, -0.25) is 4.79 Å². The largest absolute Gasteiger partial charge is 0.326 e. The van der Waals surface area contributed by atoms with Gasteiger partial charge in [0.25, 0.3) is 0 Å². The van der Waals surface area contributed by atoms with Gasteiger partial charge in [-0.25, -0.2) is 8.78 Å². The first-order chi connectivity index (χ1) is 8.57. The second-order valence-corrected chi connectivity index (χ2v) is 4.86. The van der Waals surface area contributed by atoms with Gasteiger partial charge >= 0.3 is 0 Å². The first kappa shape index (κ1) is 13.0. The number of alkyl halides is 2. The van der Waals surface area contributed by atoms with E-state index in [9.17, 15) is 13.6 Å². The fourth-order valence-corrected chi connectivity index (χ4v) is 2.33. The number of anilines is 1. The van der Waals surface area contributed by atoms with E-state index in [1.807, 2.05) is 6.07 Å². The molecule has 2 rings (SSSR count). The Kier molecular flexibility index (Phi) is 3.94. The zero-order chi connectivity index (χ0) is 13.0. The Balaban J connectivity index is 2.00. The van der Waals surface area contributed by atoms with Crippen LogP contribution in [0.4, 0.5) is 14.5 Å². The zero-order valence-corrected chi connectivity index (χ0v) is 10.2. The molecule has 0 heterocycles. The highest BCUT2D eigenvalue weighted by molar-refractivity contribution is 5.92. The van der Waals surface area contributed by atoms with Crippen LogP contribution in [0.1, 0.15) is 32.1 Å². The smallest absolute Gasteiger partial charge is 0.248 e. The topological polar surface area (TPSA) is 29.1 Å². The van der Waals surface area contributed by atoms with Crippen molar-refractivity contribution in [1.82, 2.24) is 0 Å². The van der Waals surface area contributed by atoms with Gasteiger partial charge in [0.2, 0.25) is 11.8 Å². The summed E-state index contributed by atoms with van der Waals surface area (Å²) in [6.07, 6.45) is 1.33.